The number of methoxy groups -OCH3 is 2. The molecule has 0 spiro atoms. The molecule has 8 heteroatoms. The largest absolute Gasteiger partial charge is 0.496 e. The van der Waals surface area contributed by atoms with Crippen LogP contribution >= 0.6 is 0 Å². The predicted octanol–water partition coefficient (Wildman–Crippen LogP) is 0.832. The van der Waals surface area contributed by atoms with E-state index in [2.05, 4.69) is 15.5 Å². The summed E-state index contributed by atoms with van der Waals surface area (Å²) in [5.41, 5.74) is 0.591. The van der Waals surface area contributed by atoms with Crippen LogP contribution in [0.2, 0.25) is 0 Å². The third-order valence-corrected chi connectivity index (χ3v) is 2.72. The van der Waals surface area contributed by atoms with Crippen molar-refractivity contribution in [2.75, 3.05) is 14.2 Å². The van der Waals surface area contributed by atoms with Crippen LogP contribution < -0.4 is 9.47 Å². The zero-order chi connectivity index (χ0) is 14.5. The summed E-state index contributed by atoms with van der Waals surface area (Å²) in [5, 5.41) is 20.1. The fourth-order valence-electron chi connectivity index (χ4n) is 1.81. The van der Waals surface area contributed by atoms with Crippen LogP contribution in [-0.2, 0) is 11.3 Å². The predicted molar refractivity (Wildman–Crippen MR) is 68.6 cm³/mol. The number of carboxylic acid groups (broad SMARTS) is 1. The van der Waals surface area contributed by atoms with E-state index in [9.17, 15) is 4.79 Å². The van der Waals surface area contributed by atoms with E-state index in [4.69, 9.17) is 14.6 Å². The number of carboxylic acids is 1. The Bertz CT molecular complexity index is 589. The van der Waals surface area contributed by atoms with Crippen molar-refractivity contribution in [2.45, 2.75) is 13.0 Å². The lowest BCUT2D eigenvalue weighted by Crippen LogP contribution is -2.08. The Hall–Kier alpha value is -2.64. The van der Waals surface area contributed by atoms with E-state index >= 15 is 0 Å². The number of tetrazole rings is 1. The Morgan fingerprint density at radius 1 is 1.30 bits per heavy atom. The highest BCUT2D eigenvalue weighted by atomic mass is 16.5. The minimum absolute atomic E-state index is 0.0739. The minimum atomic E-state index is -0.918. The number of rotatable bonds is 6. The Morgan fingerprint density at radius 3 is 2.50 bits per heavy atom. The summed E-state index contributed by atoms with van der Waals surface area (Å²) in [6.45, 7) is 0.166. The van der Waals surface area contributed by atoms with Crippen molar-refractivity contribution in [3.63, 3.8) is 0 Å². The first-order chi connectivity index (χ1) is 9.67. The lowest BCUT2D eigenvalue weighted by atomic mass is 10.1. The Morgan fingerprint density at radius 2 is 1.95 bits per heavy atom. The second-order valence-electron chi connectivity index (χ2n) is 3.91. The molecule has 1 aromatic heterocycles. The maximum Gasteiger partial charge on any atom is 0.305 e. The topological polar surface area (TPSA) is 99.4 Å². The average Bonchev–Trinajstić information content (AvgIpc) is 2.92. The molecule has 1 N–H and O–H groups in total. The standard InChI is InChI=1S/C12H14N4O4/c1-19-8-4-3-5-9(20-2)11(8)12-13-14-15-16(12)7-6-10(17)18/h3-5H,6-7H2,1-2H3,(H,17,18). The van der Waals surface area contributed by atoms with E-state index < -0.39 is 5.97 Å². The second kappa shape index (κ2) is 6.00. The van der Waals surface area contributed by atoms with Gasteiger partial charge >= 0.3 is 5.97 Å². The number of nitrogens with zero attached hydrogens (tertiary/aromatic N) is 4. The van der Waals surface area contributed by atoms with E-state index in [0.29, 0.717) is 22.9 Å². The Balaban J connectivity index is 2.46. The van der Waals surface area contributed by atoms with Crippen LogP contribution in [0.15, 0.2) is 18.2 Å². The summed E-state index contributed by atoms with van der Waals surface area (Å²) < 4.78 is 12.0. The SMILES string of the molecule is COc1cccc(OC)c1-c1nnnn1CCC(=O)O. The summed E-state index contributed by atoms with van der Waals surface area (Å²) >= 11 is 0. The van der Waals surface area contributed by atoms with Crippen LogP contribution in [0.3, 0.4) is 0 Å². The van der Waals surface area contributed by atoms with E-state index in [1.807, 2.05) is 0 Å². The van der Waals surface area contributed by atoms with Crippen molar-refractivity contribution in [3.8, 4) is 22.9 Å². The molecule has 0 bridgehead atoms. The molecule has 2 rings (SSSR count). The number of aryl methyl sites for hydroxylation is 1. The Kier molecular flexibility index (Phi) is 4.14. The summed E-state index contributed by atoms with van der Waals surface area (Å²) in [6, 6.07) is 5.30. The molecule has 0 fully saturated rings. The molecule has 0 aliphatic rings. The van der Waals surface area contributed by atoms with Crippen molar-refractivity contribution < 1.29 is 19.4 Å². The van der Waals surface area contributed by atoms with Gasteiger partial charge in [0.15, 0.2) is 5.82 Å². The van der Waals surface area contributed by atoms with Gasteiger partial charge in [-0.05, 0) is 22.6 Å². The van der Waals surface area contributed by atoms with Crippen molar-refractivity contribution >= 4 is 5.97 Å². The van der Waals surface area contributed by atoms with Crippen LogP contribution in [0.25, 0.3) is 11.4 Å². The second-order valence-corrected chi connectivity index (χ2v) is 3.91. The number of hydrogen-bond donors (Lipinski definition) is 1. The van der Waals surface area contributed by atoms with E-state index in [1.54, 1.807) is 18.2 Å². The number of aromatic nitrogens is 4. The average molecular weight is 278 g/mol. The number of hydrogen-bond acceptors (Lipinski definition) is 6. The van der Waals surface area contributed by atoms with Gasteiger partial charge in [-0.15, -0.1) is 5.10 Å². The highest BCUT2D eigenvalue weighted by Gasteiger charge is 2.19. The van der Waals surface area contributed by atoms with Gasteiger partial charge in [-0.2, -0.15) is 0 Å². The van der Waals surface area contributed by atoms with Gasteiger partial charge in [0.1, 0.15) is 17.1 Å². The van der Waals surface area contributed by atoms with Crippen LogP contribution in [0.5, 0.6) is 11.5 Å². The number of carbonyl (C=O) groups is 1. The summed E-state index contributed by atoms with van der Waals surface area (Å²) in [7, 11) is 3.06. The normalized spacial score (nSPS) is 10.3. The summed E-state index contributed by atoms with van der Waals surface area (Å²) in [6.07, 6.45) is -0.0739. The molecule has 0 aliphatic heterocycles. The molecule has 106 valence electrons. The molecule has 8 nitrogen and oxygen atoms in total. The van der Waals surface area contributed by atoms with Crippen LogP contribution in [0, 0.1) is 0 Å². The summed E-state index contributed by atoms with van der Waals surface area (Å²) in [5.74, 6) is 0.588. The molecule has 0 aliphatic carbocycles. The molecule has 2 aromatic rings. The third-order valence-electron chi connectivity index (χ3n) is 2.72. The first-order valence-electron chi connectivity index (χ1n) is 5.86. The third kappa shape index (κ3) is 2.68. The fourth-order valence-corrected chi connectivity index (χ4v) is 1.81. The zero-order valence-electron chi connectivity index (χ0n) is 11.1. The quantitative estimate of drug-likeness (QED) is 0.835. The number of aliphatic carboxylic acids is 1. The number of ether oxygens (including phenoxy) is 2. The first-order valence-corrected chi connectivity index (χ1v) is 5.86. The van der Waals surface area contributed by atoms with Crippen molar-refractivity contribution in [1.29, 1.82) is 0 Å². The molecule has 0 atom stereocenters. The van der Waals surface area contributed by atoms with Crippen LogP contribution in [0.4, 0.5) is 0 Å². The monoisotopic (exact) mass is 278 g/mol. The number of benzene rings is 1. The van der Waals surface area contributed by atoms with E-state index in [0.717, 1.165) is 0 Å². The van der Waals surface area contributed by atoms with Gasteiger partial charge in [0.25, 0.3) is 0 Å². The van der Waals surface area contributed by atoms with Gasteiger partial charge in [-0.25, -0.2) is 4.68 Å². The van der Waals surface area contributed by atoms with E-state index in [-0.39, 0.29) is 13.0 Å². The molecule has 20 heavy (non-hydrogen) atoms. The van der Waals surface area contributed by atoms with Crippen molar-refractivity contribution in [3.05, 3.63) is 18.2 Å². The van der Waals surface area contributed by atoms with Gasteiger partial charge in [0.05, 0.1) is 27.2 Å². The molecule has 0 saturated carbocycles. The smallest absolute Gasteiger partial charge is 0.305 e. The summed E-state index contributed by atoms with van der Waals surface area (Å²) in [4.78, 5) is 10.7. The lowest BCUT2D eigenvalue weighted by Gasteiger charge is -2.12. The van der Waals surface area contributed by atoms with E-state index in [1.165, 1.54) is 18.9 Å². The zero-order valence-corrected chi connectivity index (χ0v) is 11.1. The Labute approximate surface area is 114 Å². The first kappa shape index (κ1) is 13.8. The molecule has 0 saturated heterocycles. The molecular weight excluding hydrogens is 264 g/mol. The molecule has 0 radical (unpaired) electrons. The van der Waals surface area contributed by atoms with Crippen molar-refractivity contribution in [2.24, 2.45) is 0 Å². The van der Waals surface area contributed by atoms with Gasteiger partial charge in [-0.3, -0.25) is 4.79 Å². The molecule has 1 heterocycles. The highest BCUT2D eigenvalue weighted by Crippen LogP contribution is 2.36. The van der Waals surface area contributed by atoms with Crippen LogP contribution in [-0.4, -0.2) is 45.5 Å². The van der Waals surface area contributed by atoms with Gasteiger partial charge in [0, 0.05) is 0 Å². The van der Waals surface area contributed by atoms with Crippen molar-refractivity contribution in [1.82, 2.24) is 20.2 Å². The maximum atomic E-state index is 10.7. The molecule has 1 aromatic carbocycles. The fraction of sp³-hybridized carbons (Fsp3) is 0.333. The van der Waals surface area contributed by atoms with Gasteiger partial charge in [0.2, 0.25) is 0 Å². The van der Waals surface area contributed by atoms with Gasteiger partial charge < -0.3 is 14.6 Å². The van der Waals surface area contributed by atoms with Crippen LogP contribution in [0.1, 0.15) is 6.42 Å². The highest BCUT2D eigenvalue weighted by molar-refractivity contribution is 5.72. The molecule has 0 amide bonds. The van der Waals surface area contributed by atoms with Gasteiger partial charge in [-0.1, -0.05) is 6.07 Å². The maximum absolute atomic E-state index is 10.7. The lowest BCUT2D eigenvalue weighted by molar-refractivity contribution is -0.137. The minimum Gasteiger partial charge on any atom is -0.496 e. The molecular formula is C12H14N4O4. The molecule has 0 unspecified atom stereocenters.